The van der Waals surface area contributed by atoms with E-state index in [1.54, 1.807) is 0 Å². The zero-order valence-electron chi connectivity index (χ0n) is 18.1. The van der Waals surface area contributed by atoms with Gasteiger partial charge < -0.3 is 4.90 Å². The monoisotopic (exact) mass is 402 g/mol. The molecule has 1 amide bonds. The number of carbonyl (C=O) groups excluding carboxylic acids is 1. The summed E-state index contributed by atoms with van der Waals surface area (Å²) in [7, 11) is 0. The van der Waals surface area contributed by atoms with Crippen LogP contribution in [0.2, 0.25) is 0 Å². The summed E-state index contributed by atoms with van der Waals surface area (Å²) < 4.78 is 0. The van der Waals surface area contributed by atoms with Gasteiger partial charge in [-0.05, 0) is 55.3 Å². The molecular formula is C27H34N2O. The molecule has 2 heterocycles. The second kappa shape index (κ2) is 8.55. The maximum atomic E-state index is 13.5. The van der Waals surface area contributed by atoms with E-state index in [9.17, 15) is 4.79 Å². The van der Waals surface area contributed by atoms with Gasteiger partial charge in [-0.25, -0.2) is 0 Å². The van der Waals surface area contributed by atoms with Gasteiger partial charge in [-0.2, -0.15) is 0 Å². The summed E-state index contributed by atoms with van der Waals surface area (Å²) in [5.41, 5.74) is 4.39. The van der Waals surface area contributed by atoms with E-state index in [0.29, 0.717) is 5.91 Å². The van der Waals surface area contributed by atoms with Crippen LogP contribution < -0.4 is 0 Å². The Morgan fingerprint density at radius 1 is 0.900 bits per heavy atom. The molecular weight excluding hydrogens is 368 g/mol. The SMILES string of the molecule is O=C(C1CCCC1)N1Cc2ccccc2CC2(CCCN(Cc3ccccc3)C2)C1. The van der Waals surface area contributed by atoms with Crippen molar-refractivity contribution < 1.29 is 4.79 Å². The highest BCUT2D eigenvalue weighted by atomic mass is 16.2. The van der Waals surface area contributed by atoms with Crippen LogP contribution in [0.4, 0.5) is 0 Å². The minimum atomic E-state index is 0.175. The first-order valence-electron chi connectivity index (χ1n) is 11.8. The van der Waals surface area contributed by atoms with E-state index in [2.05, 4.69) is 64.4 Å². The average Bonchev–Trinajstić information content (AvgIpc) is 3.25. The van der Waals surface area contributed by atoms with E-state index < -0.39 is 0 Å². The van der Waals surface area contributed by atoms with Crippen LogP contribution in [0.5, 0.6) is 0 Å². The fourth-order valence-electron chi connectivity index (χ4n) is 6.16. The normalized spacial score (nSPS) is 25.3. The first kappa shape index (κ1) is 19.8. The summed E-state index contributed by atoms with van der Waals surface area (Å²) >= 11 is 0. The Labute approximate surface area is 181 Å². The standard InChI is InChI=1S/C27H34N2O/c30-26(23-11-4-5-12-23)29-19-25-14-7-6-13-24(25)17-27(21-29)15-8-16-28(20-27)18-22-9-2-1-3-10-22/h1-3,6-7,9-10,13-14,23H,4-5,8,11-12,15-21H2. The molecule has 2 aromatic rings. The molecule has 30 heavy (non-hydrogen) atoms. The number of hydrogen-bond acceptors (Lipinski definition) is 2. The third kappa shape index (κ3) is 4.18. The lowest BCUT2D eigenvalue weighted by molar-refractivity contribution is -0.138. The molecule has 3 heteroatoms. The molecule has 3 nitrogen and oxygen atoms in total. The molecule has 0 aromatic heterocycles. The molecule has 0 bridgehead atoms. The van der Waals surface area contributed by atoms with Crippen LogP contribution in [0.1, 0.15) is 55.2 Å². The minimum absolute atomic E-state index is 0.175. The lowest BCUT2D eigenvalue weighted by Gasteiger charge is -2.44. The van der Waals surface area contributed by atoms with Gasteiger partial charge in [0.25, 0.3) is 0 Å². The Morgan fingerprint density at radius 2 is 1.63 bits per heavy atom. The van der Waals surface area contributed by atoms with Crippen LogP contribution >= 0.6 is 0 Å². The largest absolute Gasteiger partial charge is 0.338 e. The number of nitrogens with zero attached hydrogens (tertiary/aromatic N) is 2. The highest BCUT2D eigenvalue weighted by Crippen LogP contribution is 2.40. The van der Waals surface area contributed by atoms with Crippen molar-refractivity contribution in [2.24, 2.45) is 11.3 Å². The van der Waals surface area contributed by atoms with Crippen molar-refractivity contribution in [1.82, 2.24) is 9.80 Å². The number of likely N-dealkylation sites (tertiary alicyclic amines) is 1. The highest BCUT2D eigenvalue weighted by Gasteiger charge is 2.41. The van der Waals surface area contributed by atoms with Crippen molar-refractivity contribution in [1.29, 1.82) is 0 Å². The quantitative estimate of drug-likeness (QED) is 0.718. The zero-order chi connectivity index (χ0) is 20.4. The summed E-state index contributed by atoms with van der Waals surface area (Å²) in [6.45, 7) is 4.98. The van der Waals surface area contributed by atoms with Crippen LogP contribution in [0.25, 0.3) is 0 Å². The molecule has 1 aliphatic carbocycles. The minimum Gasteiger partial charge on any atom is -0.338 e. The van der Waals surface area contributed by atoms with E-state index in [1.165, 1.54) is 42.4 Å². The molecule has 2 fully saturated rings. The fraction of sp³-hybridized carbons (Fsp3) is 0.519. The fourth-order valence-corrected chi connectivity index (χ4v) is 6.16. The highest BCUT2D eigenvalue weighted by molar-refractivity contribution is 5.79. The summed E-state index contributed by atoms with van der Waals surface area (Å²) in [4.78, 5) is 18.3. The van der Waals surface area contributed by atoms with Gasteiger partial charge in [0.1, 0.15) is 0 Å². The number of benzene rings is 2. The van der Waals surface area contributed by atoms with Gasteiger partial charge in [-0.1, -0.05) is 67.4 Å². The zero-order valence-corrected chi connectivity index (χ0v) is 18.1. The first-order chi connectivity index (χ1) is 14.7. The van der Waals surface area contributed by atoms with Crippen molar-refractivity contribution in [2.45, 2.75) is 58.0 Å². The molecule has 5 rings (SSSR count). The first-order valence-corrected chi connectivity index (χ1v) is 11.8. The number of hydrogen-bond donors (Lipinski definition) is 0. The lowest BCUT2D eigenvalue weighted by Crippen LogP contribution is -2.50. The molecule has 0 radical (unpaired) electrons. The van der Waals surface area contributed by atoms with E-state index in [4.69, 9.17) is 0 Å². The number of fused-ring (bicyclic) bond motifs is 1. The molecule has 1 saturated heterocycles. The Kier molecular flexibility index (Phi) is 5.64. The topological polar surface area (TPSA) is 23.6 Å². The number of piperidine rings is 1. The van der Waals surface area contributed by atoms with Gasteiger partial charge >= 0.3 is 0 Å². The van der Waals surface area contributed by atoms with Crippen molar-refractivity contribution >= 4 is 5.91 Å². The van der Waals surface area contributed by atoms with Crippen molar-refractivity contribution in [3.63, 3.8) is 0 Å². The third-order valence-corrected chi connectivity index (χ3v) is 7.58. The van der Waals surface area contributed by atoms with Gasteiger partial charge in [-0.15, -0.1) is 0 Å². The van der Waals surface area contributed by atoms with Gasteiger partial charge in [0.15, 0.2) is 0 Å². The summed E-state index contributed by atoms with van der Waals surface area (Å²) in [6.07, 6.45) is 8.16. The van der Waals surface area contributed by atoms with Crippen molar-refractivity contribution in [2.75, 3.05) is 19.6 Å². The van der Waals surface area contributed by atoms with Gasteiger partial charge in [0, 0.05) is 37.5 Å². The smallest absolute Gasteiger partial charge is 0.225 e. The van der Waals surface area contributed by atoms with Gasteiger partial charge in [0.05, 0.1) is 0 Å². The Morgan fingerprint density at radius 3 is 2.43 bits per heavy atom. The summed E-state index contributed by atoms with van der Waals surface area (Å²) in [6, 6.07) is 19.7. The van der Waals surface area contributed by atoms with E-state index >= 15 is 0 Å². The molecule has 2 aromatic carbocycles. The van der Waals surface area contributed by atoms with E-state index in [1.807, 2.05) is 0 Å². The van der Waals surface area contributed by atoms with Crippen LogP contribution in [0.3, 0.4) is 0 Å². The second-order valence-corrected chi connectivity index (χ2v) is 9.92. The Bertz CT molecular complexity index is 873. The lowest BCUT2D eigenvalue weighted by atomic mass is 9.74. The molecule has 1 atom stereocenters. The Hall–Kier alpha value is -2.13. The van der Waals surface area contributed by atoms with Crippen molar-refractivity contribution in [3.05, 3.63) is 71.3 Å². The number of carbonyl (C=O) groups is 1. The van der Waals surface area contributed by atoms with Gasteiger partial charge in [0.2, 0.25) is 5.91 Å². The number of rotatable bonds is 3. The molecule has 1 saturated carbocycles. The van der Waals surface area contributed by atoms with Crippen LogP contribution in [0.15, 0.2) is 54.6 Å². The van der Waals surface area contributed by atoms with E-state index in [-0.39, 0.29) is 11.3 Å². The van der Waals surface area contributed by atoms with Gasteiger partial charge in [-0.3, -0.25) is 9.69 Å². The predicted octanol–water partition coefficient (Wildman–Crippen LogP) is 5.04. The summed E-state index contributed by atoms with van der Waals surface area (Å²) in [5, 5.41) is 0. The van der Waals surface area contributed by atoms with Crippen LogP contribution in [-0.2, 0) is 24.3 Å². The second-order valence-electron chi connectivity index (χ2n) is 9.92. The molecule has 0 N–H and O–H groups in total. The predicted molar refractivity (Wildman–Crippen MR) is 121 cm³/mol. The average molecular weight is 403 g/mol. The third-order valence-electron chi connectivity index (χ3n) is 7.58. The maximum absolute atomic E-state index is 13.5. The molecule has 1 unspecified atom stereocenters. The molecule has 1 spiro atoms. The molecule has 3 aliphatic rings. The summed E-state index contributed by atoms with van der Waals surface area (Å²) in [5.74, 6) is 0.681. The Balaban J connectivity index is 1.41. The van der Waals surface area contributed by atoms with E-state index in [0.717, 1.165) is 52.0 Å². The molecule has 2 aliphatic heterocycles. The van der Waals surface area contributed by atoms with Crippen LogP contribution in [0, 0.1) is 11.3 Å². The maximum Gasteiger partial charge on any atom is 0.225 e. The van der Waals surface area contributed by atoms with Crippen molar-refractivity contribution in [3.8, 4) is 0 Å². The van der Waals surface area contributed by atoms with Crippen LogP contribution in [-0.4, -0.2) is 35.3 Å². The molecule has 158 valence electrons. The number of amides is 1.